The van der Waals surface area contributed by atoms with Crippen LogP contribution in [0.4, 0.5) is 5.69 Å². The van der Waals surface area contributed by atoms with Gasteiger partial charge in [0.2, 0.25) is 0 Å². The van der Waals surface area contributed by atoms with E-state index in [4.69, 9.17) is 4.74 Å². The predicted octanol–water partition coefficient (Wildman–Crippen LogP) is 3.77. The van der Waals surface area contributed by atoms with E-state index in [0.717, 1.165) is 9.87 Å². The SMILES string of the molecule is COc1ccccc1N(C)S(=O)(=O)c1ccc(C(=O)N[C@@H](c2ccccc2)c2nccn2C)cc1. The summed E-state index contributed by atoms with van der Waals surface area (Å²) in [5.41, 5.74) is 1.63. The summed E-state index contributed by atoms with van der Waals surface area (Å²) in [4.78, 5) is 17.6. The fourth-order valence-corrected chi connectivity index (χ4v) is 4.97. The third kappa shape index (κ3) is 4.90. The van der Waals surface area contributed by atoms with Crippen LogP contribution in [0, 0.1) is 0 Å². The van der Waals surface area contributed by atoms with E-state index >= 15 is 0 Å². The van der Waals surface area contributed by atoms with E-state index in [1.807, 2.05) is 48.1 Å². The summed E-state index contributed by atoms with van der Waals surface area (Å²) in [6.07, 6.45) is 3.49. The Kier molecular flexibility index (Phi) is 6.88. The Morgan fingerprint density at radius 2 is 1.66 bits per heavy atom. The number of aryl methyl sites for hydroxylation is 1. The maximum atomic E-state index is 13.2. The molecule has 0 saturated heterocycles. The molecule has 4 aromatic rings. The molecular formula is C26H26N4O4S. The third-order valence-corrected chi connectivity index (χ3v) is 7.51. The molecule has 9 heteroatoms. The van der Waals surface area contributed by atoms with Crippen LogP contribution in [0.25, 0.3) is 0 Å². The molecule has 0 saturated carbocycles. The highest BCUT2D eigenvalue weighted by molar-refractivity contribution is 7.92. The maximum Gasteiger partial charge on any atom is 0.264 e. The number of methoxy groups -OCH3 is 1. The fraction of sp³-hybridized carbons (Fsp3) is 0.154. The van der Waals surface area contributed by atoms with Gasteiger partial charge in [-0.05, 0) is 42.0 Å². The second-order valence-electron chi connectivity index (χ2n) is 7.88. The molecule has 0 radical (unpaired) electrons. The normalized spacial score (nSPS) is 12.1. The molecular weight excluding hydrogens is 464 g/mol. The lowest BCUT2D eigenvalue weighted by molar-refractivity contribution is 0.0941. The average molecular weight is 491 g/mol. The Labute approximate surface area is 204 Å². The zero-order chi connectivity index (χ0) is 25.0. The number of nitrogens with one attached hydrogen (secondary N) is 1. The van der Waals surface area contributed by atoms with Crippen molar-refractivity contribution in [3.05, 3.63) is 108 Å². The lowest BCUT2D eigenvalue weighted by Gasteiger charge is -2.22. The number of anilines is 1. The van der Waals surface area contributed by atoms with Crippen LogP contribution in [0.3, 0.4) is 0 Å². The minimum atomic E-state index is -3.87. The lowest BCUT2D eigenvalue weighted by atomic mass is 10.1. The summed E-state index contributed by atoms with van der Waals surface area (Å²) in [6.45, 7) is 0. The summed E-state index contributed by atoms with van der Waals surface area (Å²) in [6, 6.07) is 21.8. The van der Waals surface area contributed by atoms with Crippen molar-refractivity contribution < 1.29 is 17.9 Å². The molecule has 0 spiro atoms. The first-order valence-electron chi connectivity index (χ1n) is 10.9. The van der Waals surface area contributed by atoms with Crippen molar-refractivity contribution in [2.45, 2.75) is 10.9 Å². The Balaban J connectivity index is 1.58. The molecule has 1 heterocycles. The van der Waals surface area contributed by atoms with Gasteiger partial charge in [0, 0.05) is 32.1 Å². The second-order valence-corrected chi connectivity index (χ2v) is 9.85. The number of nitrogens with zero attached hydrogens (tertiary/aromatic N) is 3. The number of imidazole rings is 1. The third-order valence-electron chi connectivity index (χ3n) is 5.72. The van der Waals surface area contributed by atoms with E-state index in [2.05, 4.69) is 10.3 Å². The number of carbonyl (C=O) groups excluding carboxylic acids is 1. The van der Waals surface area contributed by atoms with Gasteiger partial charge in [0.25, 0.3) is 15.9 Å². The van der Waals surface area contributed by atoms with E-state index in [1.165, 1.54) is 38.4 Å². The zero-order valence-electron chi connectivity index (χ0n) is 19.6. The van der Waals surface area contributed by atoms with Crippen molar-refractivity contribution in [3.8, 4) is 5.75 Å². The minimum Gasteiger partial charge on any atom is -0.495 e. The van der Waals surface area contributed by atoms with Gasteiger partial charge >= 0.3 is 0 Å². The van der Waals surface area contributed by atoms with Crippen LogP contribution in [0.1, 0.15) is 27.8 Å². The molecule has 0 aliphatic rings. The van der Waals surface area contributed by atoms with Gasteiger partial charge in [0.15, 0.2) is 0 Å². The Morgan fingerprint density at radius 3 is 2.29 bits per heavy atom. The first-order chi connectivity index (χ1) is 16.8. The maximum absolute atomic E-state index is 13.2. The molecule has 4 rings (SSSR count). The van der Waals surface area contributed by atoms with Crippen LogP contribution in [-0.4, -0.2) is 38.0 Å². The van der Waals surface area contributed by atoms with Gasteiger partial charge in [-0.1, -0.05) is 42.5 Å². The molecule has 0 unspecified atom stereocenters. The number of amides is 1. The number of rotatable bonds is 8. The summed E-state index contributed by atoms with van der Waals surface area (Å²) >= 11 is 0. The second kappa shape index (κ2) is 10.0. The first-order valence-corrected chi connectivity index (χ1v) is 12.3. The molecule has 0 fully saturated rings. The van der Waals surface area contributed by atoms with E-state index in [0.29, 0.717) is 22.8 Å². The number of carbonyl (C=O) groups is 1. The molecule has 1 aromatic heterocycles. The highest BCUT2D eigenvalue weighted by Gasteiger charge is 2.25. The summed E-state index contributed by atoms with van der Waals surface area (Å²) < 4.78 is 34.7. The van der Waals surface area contributed by atoms with Crippen LogP contribution in [0.5, 0.6) is 5.75 Å². The number of hydrogen-bond acceptors (Lipinski definition) is 5. The van der Waals surface area contributed by atoms with E-state index in [9.17, 15) is 13.2 Å². The molecule has 1 atom stereocenters. The van der Waals surface area contributed by atoms with Crippen LogP contribution in [0.15, 0.2) is 96.2 Å². The quantitative estimate of drug-likeness (QED) is 0.406. The molecule has 0 aliphatic heterocycles. The average Bonchev–Trinajstić information content (AvgIpc) is 3.32. The van der Waals surface area contributed by atoms with Crippen molar-refractivity contribution >= 4 is 21.6 Å². The van der Waals surface area contributed by atoms with Crippen molar-refractivity contribution in [2.24, 2.45) is 7.05 Å². The molecule has 3 aromatic carbocycles. The molecule has 8 nitrogen and oxygen atoms in total. The number of para-hydroxylation sites is 2. The first kappa shape index (κ1) is 24.0. The Bertz CT molecular complexity index is 1420. The molecule has 1 N–H and O–H groups in total. The Hall–Kier alpha value is -4.11. The monoisotopic (exact) mass is 490 g/mol. The minimum absolute atomic E-state index is 0.0613. The predicted molar refractivity (Wildman–Crippen MR) is 134 cm³/mol. The smallest absolute Gasteiger partial charge is 0.264 e. The molecule has 0 aliphatic carbocycles. The van der Waals surface area contributed by atoms with Crippen LogP contribution in [-0.2, 0) is 17.1 Å². The largest absolute Gasteiger partial charge is 0.495 e. The lowest BCUT2D eigenvalue weighted by Crippen LogP contribution is -2.31. The van der Waals surface area contributed by atoms with Gasteiger partial charge in [0.1, 0.15) is 17.6 Å². The standard InChI is InChI=1S/C26H26N4O4S/c1-29-18-17-27-25(29)24(19-9-5-4-6-10-19)28-26(31)20-13-15-21(16-14-20)35(32,33)30(2)22-11-7-8-12-23(22)34-3/h4-18,24H,1-3H3,(H,28,31)/t24-/m0/s1. The summed E-state index contributed by atoms with van der Waals surface area (Å²) in [5, 5.41) is 3.02. The molecule has 1 amide bonds. The number of hydrogen-bond donors (Lipinski definition) is 1. The topological polar surface area (TPSA) is 93.5 Å². The van der Waals surface area contributed by atoms with Gasteiger partial charge in [0.05, 0.1) is 17.7 Å². The molecule has 35 heavy (non-hydrogen) atoms. The number of benzene rings is 3. The van der Waals surface area contributed by atoms with Gasteiger partial charge in [-0.25, -0.2) is 13.4 Å². The number of aromatic nitrogens is 2. The number of sulfonamides is 1. The van der Waals surface area contributed by atoms with Gasteiger partial charge in [-0.2, -0.15) is 0 Å². The highest BCUT2D eigenvalue weighted by atomic mass is 32.2. The Morgan fingerprint density at radius 1 is 1.00 bits per heavy atom. The van der Waals surface area contributed by atoms with Gasteiger partial charge in [-0.15, -0.1) is 0 Å². The zero-order valence-corrected chi connectivity index (χ0v) is 20.4. The van der Waals surface area contributed by atoms with Crippen molar-refractivity contribution in [3.63, 3.8) is 0 Å². The summed E-state index contributed by atoms with van der Waals surface area (Å²) in [5.74, 6) is 0.780. The van der Waals surface area contributed by atoms with Gasteiger partial charge < -0.3 is 14.6 Å². The van der Waals surface area contributed by atoms with Crippen LogP contribution < -0.4 is 14.4 Å². The molecule has 180 valence electrons. The van der Waals surface area contributed by atoms with Gasteiger partial charge in [-0.3, -0.25) is 9.10 Å². The van der Waals surface area contributed by atoms with Crippen molar-refractivity contribution in [2.75, 3.05) is 18.5 Å². The van der Waals surface area contributed by atoms with Crippen LogP contribution >= 0.6 is 0 Å². The van der Waals surface area contributed by atoms with Crippen LogP contribution in [0.2, 0.25) is 0 Å². The number of ether oxygens (including phenoxy) is 1. The molecule has 0 bridgehead atoms. The van der Waals surface area contributed by atoms with E-state index in [1.54, 1.807) is 30.5 Å². The fourth-order valence-electron chi connectivity index (χ4n) is 3.77. The highest BCUT2D eigenvalue weighted by Crippen LogP contribution is 2.31. The van der Waals surface area contributed by atoms with Crippen molar-refractivity contribution in [1.82, 2.24) is 14.9 Å². The summed E-state index contributed by atoms with van der Waals surface area (Å²) in [7, 11) is 0.947. The van der Waals surface area contributed by atoms with E-state index in [-0.39, 0.29) is 10.8 Å². The van der Waals surface area contributed by atoms with Crippen molar-refractivity contribution in [1.29, 1.82) is 0 Å². The van der Waals surface area contributed by atoms with E-state index < -0.39 is 16.1 Å².